The van der Waals surface area contributed by atoms with E-state index in [-0.39, 0.29) is 0 Å². The molecule has 0 bridgehead atoms. The Balaban J connectivity index is 1.30. The van der Waals surface area contributed by atoms with Crippen molar-refractivity contribution in [3.8, 4) is 34.0 Å². The van der Waals surface area contributed by atoms with E-state index in [1.807, 2.05) is 30.3 Å². The first-order valence-electron chi connectivity index (χ1n) is 13.7. The first-order chi connectivity index (χ1) is 20.3. The molecular formula is C37H25N3O. The van der Waals surface area contributed by atoms with Crippen LogP contribution in [-0.2, 0) is 0 Å². The maximum atomic E-state index is 5.61. The minimum Gasteiger partial charge on any atom is -0.496 e. The minimum absolute atomic E-state index is 0.801. The molecule has 0 amide bonds. The van der Waals surface area contributed by atoms with E-state index in [0.717, 1.165) is 55.8 Å². The second-order valence-corrected chi connectivity index (χ2v) is 10.2. The van der Waals surface area contributed by atoms with Crippen molar-refractivity contribution in [1.82, 2.24) is 14.5 Å². The van der Waals surface area contributed by atoms with E-state index in [2.05, 4.69) is 108 Å². The van der Waals surface area contributed by atoms with Crippen LogP contribution < -0.4 is 4.74 Å². The number of methoxy groups -OCH3 is 1. The molecule has 8 aromatic rings. The average Bonchev–Trinajstić information content (AvgIpc) is 3.39. The van der Waals surface area contributed by atoms with Crippen LogP contribution in [0.3, 0.4) is 0 Å². The molecule has 0 radical (unpaired) electrons. The van der Waals surface area contributed by atoms with Gasteiger partial charge in [0.2, 0.25) is 0 Å². The third-order valence-corrected chi connectivity index (χ3v) is 7.88. The molecule has 0 saturated carbocycles. The number of pyridine rings is 2. The Bertz CT molecular complexity index is 2210. The summed E-state index contributed by atoms with van der Waals surface area (Å²) in [6.45, 7) is 0. The predicted molar refractivity (Wildman–Crippen MR) is 169 cm³/mol. The Morgan fingerprint density at radius 3 is 1.83 bits per heavy atom. The van der Waals surface area contributed by atoms with Crippen molar-refractivity contribution < 1.29 is 4.74 Å². The van der Waals surface area contributed by atoms with E-state index in [1.54, 1.807) is 7.11 Å². The van der Waals surface area contributed by atoms with Crippen LogP contribution in [0, 0.1) is 0 Å². The Kier molecular flexibility index (Phi) is 5.32. The molecule has 0 saturated heterocycles. The Labute approximate surface area is 237 Å². The molecular weight excluding hydrogens is 502 g/mol. The average molecular weight is 528 g/mol. The molecule has 8 rings (SSSR count). The molecule has 194 valence electrons. The predicted octanol–water partition coefficient (Wildman–Crippen LogP) is 9.22. The van der Waals surface area contributed by atoms with Gasteiger partial charge in [0, 0.05) is 38.4 Å². The van der Waals surface area contributed by atoms with E-state index in [4.69, 9.17) is 14.7 Å². The molecule has 0 N–H and O–H groups in total. The standard InChI is InChI=1S/C37H25N3O/c1-41-35-16-7-4-13-30(35)32-22-20-25-18-17-24-19-21-31(38-36(24)37(25)39-32)26-9-8-10-27(23-26)40-33-14-5-2-11-28(33)29-12-3-6-15-34(29)40/h2-23H,1H3. The summed E-state index contributed by atoms with van der Waals surface area (Å²) >= 11 is 0. The van der Waals surface area contributed by atoms with Crippen LogP contribution in [0.15, 0.2) is 133 Å². The Morgan fingerprint density at radius 2 is 1.12 bits per heavy atom. The van der Waals surface area contributed by atoms with Crippen LogP contribution in [0.5, 0.6) is 5.75 Å². The quantitative estimate of drug-likeness (QED) is 0.214. The summed E-state index contributed by atoms with van der Waals surface area (Å²) in [5, 5.41) is 4.62. The molecule has 0 atom stereocenters. The van der Waals surface area contributed by atoms with Gasteiger partial charge < -0.3 is 9.30 Å². The van der Waals surface area contributed by atoms with Gasteiger partial charge in [0.05, 0.1) is 40.6 Å². The summed E-state index contributed by atoms with van der Waals surface area (Å²) in [6.07, 6.45) is 0. The number of benzene rings is 5. The number of hydrogen-bond acceptors (Lipinski definition) is 3. The highest BCUT2D eigenvalue weighted by molar-refractivity contribution is 6.09. The summed E-state index contributed by atoms with van der Waals surface area (Å²) in [7, 11) is 1.69. The molecule has 41 heavy (non-hydrogen) atoms. The normalized spacial score (nSPS) is 11.5. The van der Waals surface area contributed by atoms with Gasteiger partial charge in [0.25, 0.3) is 0 Å². The molecule has 3 aromatic heterocycles. The third kappa shape index (κ3) is 3.76. The van der Waals surface area contributed by atoms with E-state index in [9.17, 15) is 0 Å². The lowest BCUT2D eigenvalue weighted by atomic mass is 10.0. The zero-order valence-electron chi connectivity index (χ0n) is 22.5. The highest BCUT2D eigenvalue weighted by Crippen LogP contribution is 2.35. The lowest BCUT2D eigenvalue weighted by molar-refractivity contribution is 0.416. The van der Waals surface area contributed by atoms with Crippen molar-refractivity contribution in [1.29, 1.82) is 0 Å². The number of hydrogen-bond donors (Lipinski definition) is 0. The van der Waals surface area contributed by atoms with E-state index >= 15 is 0 Å². The topological polar surface area (TPSA) is 39.9 Å². The Hall–Kier alpha value is -5.48. The van der Waals surface area contributed by atoms with Gasteiger partial charge in [-0.15, -0.1) is 0 Å². The molecule has 0 unspecified atom stereocenters. The molecule has 4 heteroatoms. The first kappa shape index (κ1) is 23.4. The number of fused-ring (bicyclic) bond motifs is 6. The molecule has 0 spiro atoms. The van der Waals surface area contributed by atoms with Crippen LogP contribution in [0.1, 0.15) is 0 Å². The van der Waals surface area contributed by atoms with Crippen molar-refractivity contribution in [3.63, 3.8) is 0 Å². The van der Waals surface area contributed by atoms with Crippen molar-refractivity contribution in [3.05, 3.63) is 133 Å². The van der Waals surface area contributed by atoms with E-state index in [1.165, 1.54) is 21.8 Å². The number of aromatic nitrogens is 3. The summed E-state index contributed by atoms with van der Waals surface area (Å²) in [4.78, 5) is 10.3. The molecule has 0 fully saturated rings. The molecule has 5 aromatic carbocycles. The molecule has 0 aliphatic heterocycles. The van der Waals surface area contributed by atoms with E-state index in [0.29, 0.717) is 0 Å². The van der Waals surface area contributed by atoms with Crippen LogP contribution in [0.4, 0.5) is 0 Å². The largest absolute Gasteiger partial charge is 0.496 e. The summed E-state index contributed by atoms with van der Waals surface area (Å²) in [5.41, 5.74) is 9.06. The first-order valence-corrected chi connectivity index (χ1v) is 13.7. The number of ether oxygens (including phenoxy) is 1. The zero-order chi connectivity index (χ0) is 27.3. The minimum atomic E-state index is 0.801. The monoisotopic (exact) mass is 527 g/mol. The SMILES string of the molecule is COc1ccccc1-c1ccc2ccc3ccc(-c4cccc(-n5c6ccccc6c6ccccc65)c4)nc3c2n1. The van der Waals surface area contributed by atoms with Gasteiger partial charge in [-0.05, 0) is 48.5 Å². The van der Waals surface area contributed by atoms with Gasteiger partial charge in [0.15, 0.2) is 0 Å². The van der Waals surface area contributed by atoms with Gasteiger partial charge in [-0.25, -0.2) is 9.97 Å². The van der Waals surface area contributed by atoms with Crippen molar-refractivity contribution in [2.45, 2.75) is 0 Å². The fourth-order valence-electron chi connectivity index (χ4n) is 5.94. The number of para-hydroxylation sites is 3. The maximum absolute atomic E-state index is 5.61. The van der Waals surface area contributed by atoms with Crippen molar-refractivity contribution in [2.75, 3.05) is 7.11 Å². The smallest absolute Gasteiger partial charge is 0.128 e. The second kappa shape index (κ2) is 9.32. The molecule has 3 heterocycles. The third-order valence-electron chi connectivity index (χ3n) is 7.88. The van der Waals surface area contributed by atoms with Crippen LogP contribution in [0.25, 0.3) is 71.8 Å². The van der Waals surface area contributed by atoms with Crippen LogP contribution in [-0.4, -0.2) is 21.6 Å². The van der Waals surface area contributed by atoms with Crippen molar-refractivity contribution in [2.24, 2.45) is 0 Å². The fraction of sp³-hybridized carbons (Fsp3) is 0.0270. The van der Waals surface area contributed by atoms with Gasteiger partial charge in [-0.3, -0.25) is 0 Å². The van der Waals surface area contributed by atoms with Gasteiger partial charge in [-0.1, -0.05) is 84.9 Å². The van der Waals surface area contributed by atoms with Gasteiger partial charge >= 0.3 is 0 Å². The molecule has 0 aliphatic rings. The lowest BCUT2D eigenvalue weighted by Crippen LogP contribution is -1.95. The Morgan fingerprint density at radius 1 is 0.537 bits per heavy atom. The van der Waals surface area contributed by atoms with E-state index < -0.39 is 0 Å². The van der Waals surface area contributed by atoms with Gasteiger partial charge in [0.1, 0.15) is 5.75 Å². The fourth-order valence-corrected chi connectivity index (χ4v) is 5.94. The molecule has 4 nitrogen and oxygen atoms in total. The maximum Gasteiger partial charge on any atom is 0.128 e. The van der Waals surface area contributed by atoms with Crippen molar-refractivity contribution >= 4 is 43.6 Å². The second-order valence-electron chi connectivity index (χ2n) is 10.2. The highest BCUT2D eigenvalue weighted by Gasteiger charge is 2.14. The summed E-state index contributed by atoms with van der Waals surface area (Å²) < 4.78 is 7.95. The van der Waals surface area contributed by atoms with Crippen LogP contribution >= 0.6 is 0 Å². The lowest BCUT2D eigenvalue weighted by Gasteiger charge is -2.12. The van der Waals surface area contributed by atoms with Crippen LogP contribution in [0.2, 0.25) is 0 Å². The zero-order valence-corrected chi connectivity index (χ0v) is 22.5. The number of rotatable bonds is 4. The summed E-state index contributed by atoms with van der Waals surface area (Å²) in [5.74, 6) is 0.801. The summed E-state index contributed by atoms with van der Waals surface area (Å²) in [6, 6.07) is 46.4. The molecule has 0 aliphatic carbocycles. The highest BCUT2D eigenvalue weighted by atomic mass is 16.5. The number of nitrogens with zero attached hydrogens (tertiary/aromatic N) is 3. The van der Waals surface area contributed by atoms with Gasteiger partial charge in [-0.2, -0.15) is 0 Å².